The van der Waals surface area contributed by atoms with Crippen molar-refractivity contribution in [2.75, 3.05) is 51.8 Å². The summed E-state index contributed by atoms with van der Waals surface area (Å²) in [6.45, 7) is 14.8. The summed E-state index contributed by atoms with van der Waals surface area (Å²) < 4.78 is 12.5. The van der Waals surface area contributed by atoms with Crippen molar-refractivity contribution in [2.24, 2.45) is 0 Å². The van der Waals surface area contributed by atoms with Crippen LogP contribution in [-0.4, -0.2) is 67.9 Å². The fraction of sp³-hybridized carbons (Fsp3) is 0.556. The van der Waals surface area contributed by atoms with E-state index < -0.39 is 6.10 Å². The maximum absolute atomic E-state index is 9.61. The summed E-state index contributed by atoms with van der Waals surface area (Å²) in [5.41, 5.74) is 2.19. The number of hydrogen-bond donors (Lipinski definition) is 2. The van der Waals surface area contributed by atoms with Gasteiger partial charge >= 0.3 is 0 Å². The highest BCUT2D eigenvalue weighted by Gasteiger charge is 2.24. The Bertz CT molecular complexity index is 842. The molecule has 0 aromatic heterocycles. The molecule has 3 rings (SSSR count). The molecule has 34 heavy (non-hydrogen) atoms. The number of nitrogens with zero attached hydrogens (tertiary/aromatic N) is 1. The largest absolute Gasteiger partial charge is 0.494 e. The van der Waals surface area contributed by atoms with Crippen molar-refractivity contribution < 1.29 is 14.6 Å². The Morgan fingerprint density at radius 3 is 2.32 bits per heavy atom. The van der Waals surface area contributed by atoms with Gasteiger partial charge in [-0.25, -0.2) is 0 Å². The fourth-order valence-corrected chi connectivity index (χ4v) is 4.37. The Kier molecular flexibility index (Phi) is 12.7. The predicted molar refractivity (Wildman–Crippen MR) is 146 cm³/mol. The molecule has 0 aliphatic carbocycles. The molecule has 2 N–H and O–H groups in total. The number of aliphatic hydroxyl groups excluding tert-OH is 1. The van der Waals surface area contributed by atoms with E-state index in [0.29, 0.717) is 5.75 Å². The Morgan fingerprint density at radius 2 is 1.71 bits per heavy atom. The van der Waals surface area contributed by atoms with Gasteiger partial charge in [0.1, 0.15) is 24.2 Å². The van der Waals surface area contributed by atoms with Gasteiger partial charge in [-0.05, 0) is 57.7 Å². The second-order valence-corrected chi connectivity index (χ2v) is 9.87. The van der Waals surface area contributed by atoms with Gasteiger partial charge in [0.05, 0.1) is 17.0 Å². The molecule has 2 aromatic rings. The van der Waals surface area contributed by atoms with Crippen LogP contribution < -0.4 is 14.8 Å². The Balaban J connectivity index is 0.00000199. The molecule has 0 amide bonds. The average molecular weight is 556 g/mol. The third-order valence-electron chi connectivity index (χ3n) is 5.94. The summed E-state index contributed by atoms with van der Waals surface area (Å²) in [7, 11) is 0. The number of benzene rings is 2. The molecule has 1 saturated heterocycles. The molecule has 1 heterocycles. The zero-order chi connectivity index (χ0) is 25.0. The van der Waals surface area contributed by atoms with Crippen LogP contribution in [-0.2, 0) is 5.41 Å². The summed E-state index contributed by atoms with van der Waals surface area (Å²) in [6, 6.07) is 14.5. The van der Waals surface area contributed by atoms with Gasteiger partial charge < -0.3 is 24.8 Å². The van der Waals surface area contributed by atoms with E-state index in [1.54, 1.807) is 0 Å². The zero-order valence-corrected chi connectivity index (χ0v) is 23.3. The van der Waals surface area contributed by atoms with Gasteiger partial charge in [0.15, 0.2) is 0 Å². The van der Waals surface area contributed by atoms with Crippen LogP contribution in [0, 0.1) is 0 Å². The number of nitrogens with one attached hydrogen (secondary N) is 1. The highest BCUT2D eigenvalue weighted by atomic mass is 79.9. The molecule has 1 atom stereocenters. The molecule has 0 saturated carbocycles. The van der Waals surface area contributed by atoms with Crippen molar-refractivity contribution in [1.29, 1.82) is 0 Å². The van der Waals surface area contributed by atoms with Gasteiger partial charge in [-0.2, -0.15) is 0 Å². The SMILES string of the molecule is CC.CC(C)(c1ccc(OCCCN2CCNCC2)cc1)c1ccc(OCC(O)CCl)c(Br)c1. The highest BCUT2D eigenvalue weighted by molar-refractivity contribution is 9.10. The van der Waals surface area contributed by atoms with Crippen molar-refractivity contribution in [3.8, 4) is 11.5 Å². The molecule has 1 unspecified atom stereocenters. The lowest BCUT2D eigenvalue weighted by atomic mass is 9.78. The van der Waals surface area contributed by atoms with Crippen molar-refractivity contribution in [3.05, 3.63) is 58.1 Å². The maximum Gasteiger partial charge on any atom is 0.133 e. The maximum atomic E-state index is 9.61. The fourth-order valence-electron chi connectivity index (χ4n) is 3.78. The molecular weight excluding hydrogens is 516 g/mol. The highest BCUT2D eigenvalue weighted by Crippen LogP contribution is 2.36. The van der Waals surface area contributed by atoms with E-state index in [2.05, 4.69) is 76.4 Å². The van der Waals surface area contributed by atoms with Gasteiger partial charge in [-0.15, -0.1) is 11.6 Å². The van der Waals surface area contributed by atoms with Crippen LogP contribution in [0.2, 0.25) is 0 Å². The molecule has 0 radical (unpaired) electrons. The van der Waals surface area contributed by atoms with E-state index >= 15 is 0 Å². The third kappa shape index (κ3) is 8.72. The monoisotopic (exact) mass is 554 g/mol. The lowest BCUT2D eigenvalue weighted by Gasteiger charge is -2.27. The molecule has 1 fully saturated rings. The number of piperazine rings is 1. The van der Waals surface area contributed by atoms with Gasteiger partial charge in [0.2, 0.25) is 0 Å². The van der Waals surface area contributed by atoms with Gasteiger partial charge in [-0.3, -0.25) is 0 Å². The van der Waals surface area contributed by atoms with Gasteiger partial charge in [0, 0.05) is 38.1 Å². The van der Waals surface area contributed by atoms with Crippen molar-refractivity contribution in [1.82, 2.24) is 10.2 Å². The Labute approximate surface area is 218 Å². The first-order valence-corrected chi connectivity index (χ1v) is 13.6. The van der Waals surface area contributed by atoms with Crippen LogP contribution in [0.15, 0.2) is 46.9 Å². The number of aliphatic hydroxyl groups is 1. The van der Waals surface area contributed by atoms with E-state index in [0.717, 1.165) is 56.0 Å². The van der Waals surface area contributed by atoms with Crippen molar-refractivity contribution in [3.63, 3.8) is 0 Å². The minimum absolute atomic E-state index is 0.151. The Morgan fingerprint density at radius 1 is 1.06 bits per heavy atom. The lowest BCUT2D eigenvalue weighted by molar-refractivity contribution is 0.125. The first-order chi connectivity index (χ1) is 16.4. The van der Waals surface area contributed by atoms with E-state index in [4.69, 9.17) is 21.1 Å². The number of ether oxygens (including phenoxy) is 2. The molecule has 7 heteroatoms. The van der Waals surface area contributed by atoms with Crippen LogP contribution in [0.1, 0.15) is 45.2 Å². The predicted octanol–water partition coefficient (Wildman–Crippen LogP) is 5.45. The number of hydrogen-bond acceptors (Lipinski definition) is 5. The van der Waals surface area contributed by atoms with Crippen LogP contribution in [0.5, 0.6) is 11.5 Å². The molecule has 5 nitrogen and oxygen atoms in total. The quantitative estimate of drug-likeness (QED) is 0.285. The standard InChI is InChI=1S/C25H34BrClN2O3.C2H6/c1-25(2,20-6-9-24(23(26)16-20)32-18-21(30)17-27)19-4-7-22(8-5-19)31-15-3-12-29-13-10-28-11-14-29;1-2/h4-9,16,21,28,30H,3,10-15,17-18H2,1-2H3;1-2H3. The number of halogens is 2. The van der Waals surface area contributed by atoms with Crippen LogP contribution >= 0.6 is 27.5 Å². The normalized spacial score (nSPS) is 15.3. The van der Waals surface area contributed by atoms with Crippen molar-refractivity contribution >= 4 is 27.5 Å². The van der Waals surface area contributed by atoms with E-state index in [9.17, 15) is 5.11 Å². The average Bonchev–Trinajstić information content (AvgIpc) is 2.87. The molecule has 1 aliphatic rings. The number of rotatable bonds is 11. The summed E-state index contributed by atoms with van der Waals surface area (Å²) in [4.78, 5) is 2.49. The van der Waals surface area contributed by atoms with Crippen molar-refractivity contribution in [2.45, 2.75) is 45.6 Å². The summed E-state index contributed by atoms with van der Waals surface area (Å²) in [6.07, 6.45) is 0.361. The smallest absolute Gasteiger partial charge is 0.133 e. The van der Waals surface area contributed by atoms with Crippen LogP contribution in [0.25, 0.3) is 0 Å². The van der Waals surface area contributed by atoms with Gasteiger partial charge in [0.25, 0.3) is 0 Å². The second-order valence-electron chi connectivity index (χ2n) is 8.71. The number of alkyl halides is 1. The molecule has 0 spiro atoms. The van der Waals surface area contributed by atoms with Crippen LogP contribution in [0.4, 0.5) is 0 Å². The second kappa shape index (κ2) is 14.9. The Hall–Kier alpha value is -1.31. The first-order valence-electron chi connectivity index (χ1n) is 12.2. The third-order valence-corrected chi connectivity index (χ3v) is 6.91. The van der Waals surface area contributed by atoms with E-state index in [1.165, 1.54) is 11.1 Å². The molecular formula is C27H40BrClN2O3. The summed E-state index contributed by atoms with van der Waals surface area (Å²) in [5, 5.41) is 13.0. The minimum atomic E-state index is -0.678. The van der Waals surface area contributed by atoms with Crippen LogP contribution in [0.3, 0.4) is 0 Å². The molecule has 0 bridgehead atoms. The van der Waals surface area contributed by atoms with E-state index in [-0.39, 0.29) is 17.9 Å². The first kappa shape index (κ1) is 28.9. The summed E-state index contributed by atoms with van der Waals surface area (Å²) >= 11 is 9.23. The van der Waals surface area contributed by atoms with E-state index in [1.807, 2.05) is 19.9 Å². The summed E-state index contributed by atoms with van der Waals surface area (Å²) in [5.74, 6) is 1.75. The lowest BCUT2D eigenvalue weighted by Crippen LogP contribution is -2.43. The topological polar surface area (TPSA) is 54.0 Å². The zero-order valence-electron chi connectivity index (χ0n) is 20.9. The van der Waals surface area contributed by atoms with Gasteiger partial charge in [-0.1, -0.05) is 45.9 Å². The molecule has 1 aliphatic heterocycles. The molecule has 2 aromatic carbocycles. The minimum Gasteiger partial charge on any atom is -0.494 e. The molecule has 190 valence electrons.